The predicted octanol–water partition coefficient (Wildman–Crippen LogP) is -0.548. The zero-order chi connectivity index (χ0) is 6.81. The van der Waals surface area contributed by atoms with Crippen molar-refractivity contribution < 1.29 is 4.74 Å². The van der Waals surface area contributed by atoms with Gasteiger partial charge in [0.05, 0.1) is 19.8 Å². The number of nitrogens with zero attached hydrogens (tertiary/aromatic N) is 1. The second-order valence-electron chi connectivity index (χ2n) is 2.82. The van der Waals surface area contributed by atoms with Crippen molar-refractivity contribution in [2.24, 2.45) is 0 Å². The van der Waals surface area contributed by atoms with E-state index < -0.39 is 0 Å². The molecule has 2 rings (SSSR count). The van der Waals surface area contributed by atoms with Crippen molar-refractivity contribution in [3.05, 3.63) is 6.54 Å². The summed E-state index contributed by atoms with van der Waals surface area (Å²) in [4.78, 5) is 2.39. The molecule has 0 aromatic rings. The summed E-state index contributed by atoms with van der Waals surface area (Å²) in [6, 6.07) is 0.600. The normalized spacial score (nSPS) is 35.4. The van der Waals surface area contributed by atoms with Gasteiger partial charge in [0.1, 0.15) is 0 Å². The number of rotatable bonds is 0. The second kappa shape index (κ2) is 2.86. The smallest absolute Gasteiger partial charge is 0.0638 e. The standard InChI is InChI=1S/C7H13N2O/c1-2-9-3-4-10-6-7(9)5-8-1/h3,7-8H,1-2,4-6H2. The average molecular weight is 141 g/mol. The van der Waals surface area contributed by atoms with Gasteiger partial charge < -0.3 is 10.1 Å². The maximum Gasteiger partial charge on any atom is 0.0638 e. The van der Waals surface area contributed by atoms with Crippen LogP contribution >= 0.6 is 0 Å². The van der Waals surface area contributed by atoms with Crippen LogP contribution < -0.4 is 5.32 Å². The lowest BCUT2D eigenvalue weighted by atomic mass is 10.2. The van der Waals surface area contributed by atoms with Crippen molar-refractivity contribution in [3.63, 3.8) is 0 Å². The zero-order valence-corrected chi connectivity index (χ0v) is 6.05. The molecule has 2 saturated heterocycles. The van der Waals surface area contributed by atoms with Crippen molar-refractivity contribution in [3.8, 4) is 0 Å². The van der Waals surface area contributed by atoms with E-state index in [0.29, 0.717) is 6.04 Å². The minimum atomic E-state index is 0.600. The van der Waals surface area contributed by atoms with Crippen LogP contribution in [-0.2, 0) is 4.74 Å². The van der Waals surface area contributed by atoms with Crippen LogP contribution in [0.1, 0.15) is 0 Å². The Balaban J connectivity index is 1.93. The molecule has 2 fully saturated rings. The minimum Gasteiger partial charge on any atom is -0.378 e. The van der Waals surface area contributed by atoms with Gasteiger partial charge in [-0.15, -0.1) is 0 Å². The van der Waals surface area contributed by atoms with Gasteiger partial charge in [0.2, 0.25) is 0 Å². The Morgan fingerprint density at radius 1 is 1.60 bits per heavy atom. The van der Waals surface area contributed by atoms with E-state index in [2.05, 4.69) is 16.8 Å². The van der Waals surface area contributed by atoms with Gasteiger partial charge in [0.25, 0.3) is 0 Å². The Labute approximate surface area is 61.3 Å². The summed E-state index contributed by atoms with van der Waals surface area (Å²) in [6.45, 7) is 7.20. The lowest BCUT2D eigenvalue weighted by Crippen LogP contribution is -2.54. The number of ether oxygens (including phenoxy) is 1. The lowest BCUT2D eigenvalue weighted by molar-refractivity contribution is 0.0119. The van der Waals surface area contributed by atoms with E-state index in [1.165, 1.54) is 0 Å². The summed E-state index contributed by atoms with van der Waals surface area (Å²) >= 11 is 0. The Morgan fingerprint density at radius 3 is 3.50 bits per heavy atom. The molecule has 2 heterocycles. The van der Waals surface area contributed by atoms with E-state index in [4.69, 9.17) is 4.74 Å². The number of piperazine rings is 1. The fourth-order valence-electron chi connectivity index (χ4n) is 1.52. The van der Waals surface area contributed by atoms with E-state index in [1.807, 2.05) is 0 Å². The van der Waals surface area contributed by atoms with E-state index in [1.54, 1.807) is 0 Å². The van der Waals surface area contributed by atoms with Gasteiger partial charge >= 0.3 is 0 Å². The van der Waals surface area contributed by atoms with E-state index in [0.717, 1.165) is 32.8 Å². The van der Waals surface area contributed by atoms with Crippen molar-refractivity contribution in [2.45, 2.75) is 6.04 Å². The van der Waals surface area contributed by atoms with Gasteiger partial charge in [0.15, 0.2) is 0 Å². The van der Waals surface area contributed by atoms with Gasteiger partial charge in [-0.2, -0.15) is 0 Å². The summed E-state index contributed by atoms with van der Waals surface area (Å²) < 4.78 is 5.30. The molecule has 0 amide bonds. The van der Waals surface area contributed by atoms with Crippen molar-refractivity contribution in [1.29, 1.82) is 0 Å². The molecule has 10 heavy (non-hydrogen) atoms. The molecule has 3 heteroatoms. The highest BCUT2D eigenvalue weighted by Crippen LogP contribution is 2.10. The summed E-state index contributed by atoms with van der Waals surface area (Å²) in [6.07, 6.45) is 0. The number of hydrogen-bond donors (Lipinski definition) is 1. The largest absolute Gasteiger partial charge is 0.378 e. The van der Waals surface area contributed by atoms with Crippen LogP contribution in [0.2, 0.25) is 0 Å². The third kappa shape index (κ3) is 1.17. The molecule has 0 saturated carbocycles. The fourth-order valence-corrected chi connectivity index (χ4v) is 1.52. The first kappa shape index (κ1) is 6.58. The van der Waals surface area contributed by atoms with Crippen LogP contribution in [0.25, 0.3) is 0 Å². The highest BCUT2D eigenvalue weighted by Gasteiger charge is 2.24. The molecule has 0 spiro atoms. The van der Waals surface area contributed by atoms with Gasteiger partial charge in [0, 0.05) is 25.7 Å². The van der Waals surface area contributed by atoms with Crippen molar-refractivity contribution in [2.75, 3.05) is 32.8 Å². The van der Waals surface area contributed by atoms with Crippen LogP contribution in [0.3, 0.4) is 0 Å². The van der Waals surface area contributed by atoms with Crippen LogP contribution in [0, 0.1) is 6.54 Å². The quantitative estimate of drug-likeness (QED) is 0.490. The highest BCUT2D eigenvalue weighted by molar-refractivity contribution is 4.87. The Hall–Kier alpha value is -0.120. The molecule has 57 valence electrons. The van der Waals surface area contributed by atoms with E-state index in [9.17, 15) is 0 Å². The minimum absolute atomic E-state index is 0.600. The molecule has 1 atom stereocenters. The lowest BCUT2D eigenvalue weighted by Gasteiger charge is -2.38. The van der Waals surface area contributed by atoms with E-state index >= 15 is 0 Å². The first-order valence-electron chi connectivity index (χ1n) is 3.84. The molecule has 0 aromatic heterocycles. The monoisotopic (exact) mass is 141 g/mol. The first-order valence-corrected chi connectivity index (χ1v) is 3.84. The molecule has 0 aromatic carbocycles. The van der Waals surface area contributed by atoms with Gasteiger partial charge in [-0.05, 0) is 0 Å². The predicted molar refractivity (Wildman–Crippen MR) is 38.5 cm³/mol. The van der Waals surface area contributed by atoms with Crippen LogP contribution in [-0.4, -0.2) is 43.8 Å². The second-order valence-corrected chi connectivity index (χ2v) is 2.82. The van der Waals surface area contributed by atoms with Crippen LogP contribution in [0.15, 0.2) is 0 Å². The molecular weight excluding hydrogens is 128 g/mol. The van der Waals surface area contributed by atoms with Gasteiger partial charge in [-0.3, -0.25) is 4.90 Å². The summed E-state index contributed by atoms with van der Waals surface area (Å²) in [5, 5.41) is 3.34. The van der Waals surface area contributed by atoms with Crippen LogP contribution in [0.5, 0.6) is 0 Å². The molecule has 2 aliphatic heterocycles. The van der Waals surface area contributed by atoms with Gasteiger partial charge in [-0.1, -0.05) is 0 Å². The van der Waals surface area contributed by atoms with Gasteiger partial charge in [-0.25, -0.2) is 0 Å². The molecule has 1 N–H and O–H groups in total. The summed E-state index contributed by atoms with van der Waals surface area (Å²) in [5.74, 6) is 0. The molecule has 0 aliphatic carbocycles. The number of nitrogens with one attached hydrogen (secondary N) is 1. The summed E-state index contributed by atoms with van der Waals surface area (Å²) in [5.41, 5.74) is 0. The fraction of sp³-hybridized carbons (Fsp3) is 0.857. The Morgan fingerprint density at radius 2 is 2.60 bits per heavy atom. The third-order valence-corrected chi connectivity index (χ3v) is 2.13. The Kier molecular flexibility index (Phi) is 1.88. The Bertz CT molecular complexity index is 92.2. The molecular formula is C7H13N2O. The number of morpholine rings is 1. The van der Waals surface area contributed by atoms with E-state index in [-0.39, 0.29) is 0 Å². The number of hydrogen-bond acceptors (Lipinski definition) is 3. The van der Waals surface area contributed by atoms with Crippen molar-refractivity contribution in [1.82, 2.24) is 10.2 Å². The molecule has 1 radical (unpaired) electrons. The maximum absolute atomic E-state index is 5.30. The SMILES string of the molecule is [CH]1COCC2CNCCN12. The maximum atomic E-state index is 5.30. The molecule has 3 nitrogen and oxygen atoms in total. The number of fused-ring (bicyclic) bond motifs is 1. The topological polar surface area (TPSA) is 24.5 Å². The third-order valence-electron chi connectivity index (χ3n) is 2.13. The summed E-state index contributed by atoms with van der Waals surface area (Å²) in [7, 11) is 0. The first-order chi connectivity index (χ1) is 4.97. The molecule has 2 aliphatic rings. The average Bonchev–Trinajstić information content (AvgIpc) is 2.05. The van der Waals surface area contributed by atoms with Crippen molar-refractivity contribution >= 4 is 0 Å². The molecule has 1 unspecified atom stereocenters. The molecule has 0 bridgehead atoms. The zero-order valence-electron chi connectivity index (χ0n) is 6.05. The van der Waals surface area contributed by atoms with Crippen LogP contribution in [0.4, 0.5) is 0 Å². The highest BCUT2D eigenvalue weighted by atomic mass is 16.5.